The van der Waals surface area contributed by atoms with Gasteiger partial charge in [0.05, 0.1) is 13.2 Å². The third-order valence-electron chi connectivity index (χ3n) is 4.63. The first kappa shape index (κ1) is 18.6. The van der Waals surface area contributed by atoms with Crippen LogP contribution in [-0.4, -0.2) is 56.9 Å². The van der Waals surface area contributed by atoms with Gasteiger partial charge in [-0.15, -0.1) is 10.2 Å². The number of amides is 1. The fraction of sp³-hybridized carbons (Fsp3) is 0.300. The molecule has 0 bridgehead atoms. The third kappa shape index (κ3) is 3.93. The first-order valence-electron chi connectivity index (χ1n) is 9.12. The molecule has 0 aliphatic carbocycles. The molecule has 1 aliphatic heterocycles. The zero-order valence-electron chi connectivity index (χ0n) is 15.6. The van der Waals surface area contributed by atoms with Crippen LogP contribution in [0.1, 0.15) is 10.8 Å². The Morgan fingerprint density at radius 1 is 1.11 bits per heavy atom. The summed E-state index contributed by atoms with van der Waals surface area (Å²) in [6.45, 7) is 2.38. The molecular formula is C20H21N5O2S. The van der Waals surface area contributed by atoms with Gasteiger partial charge in [-0.25, -0.2) is 0 Å². The molecule has 1 unspecified atom stereocenters. The van der Waals surface area contributed by atoms with Gasteiger partial charge in [0.25, 0.3) is 0 Å². The van der Waals surface area contributed by atoms with Crippen molar-refractivity contribution >= 4 is 17.7 Å². The fourth-order valence-corrected chi connectivity index (χ4v) is 4.19. The van der Waals surface area contributed by atoms with E-state index in [2.05, 4.69) is 15.2 Å². The van der Waals surface area contributed by atoms with Gasteiger partial charge in [0.1, 0.15) is 5.25 Å². The van der Waals surface area contributed by atoms with Gasteiger partial charge in [0.15, 0.2) is 11.0 Å². The average Bonchev–Trinajstić information content (AvgIpc) is 3.13. The number of ether oxygens (including phenoxy) is 1. The van der Waals surface area contributed by atoms with E-state index >= 15 is 0 Å². The van der Waals surface area contributed by atoms with Crippen molar-refractivity contribution in [2.24, 2.45) is 7.05 Å². The van der Waals surface area contributed by atoms with Crippen LogP contribution in [0.4, 0.5) is 0 Å². The highest BCUT2D eigenvalue weighted by atomic mass is 32.2. The van der Waals surface area contributed by atoms with Crippen molar-refractivity contribution in [3.8, 4) is 11.4 Å². The maximum atomic E-state index is 13.3. The molecule has 1 saturated heterocycles. The van der Waals surface area contributed by atoms with Crippen molar-refractivity contribution in [1.82, 2.24) is 24.6 Å². The van der Waals surface area contributed by atoms with Gasteiger partial charge in [-0.3, -0.25) is 9.78 Å². The first-order chi connectivity index (χ1) is 13.7. The van der Waals surface area contributed by atoms with E-state index in [1.54, 1.807) is 12.4 Å². The molecule has 4 rings (SSSR count). The monoisotopic (exact) mass is 395 g/mol. The van der Waals surface area contributed by atoms with Crippen LogP contribution in [0.25, 0.3) is 11.4 Å². The van der Waals surface area contributed by atoms with E-state index < -0.39 is 0 Å². The number of hydrogen-bond acceptors (Lipinski definition) is 6. The second-order valence-corrected chi connectivity index (χ2v) is 7.53. The maximum absolute atomic E-state index is 13.3. The van der Waals surface area contributed by atoms with E-state index in [9.17, 15) is 4.79 Å². The van der Waals surface area contributed by atoms with Gasteiger partial charge in [-0.05, 0) is 17.7 Å². The van der Waals surface area contributed by atoms with Crippen LogP contribution >= 0.6 is 11.8 Å². The molecule has 3 aromatic rings. The molecule has 1 aliphatic rings. The minimum Gasteiger partial charge on any atom is -0.378 e. The number of rotatable bonds is 5. The second kappa shape index (κ2) is 8.53. The lowest BCUT2D eigenvalue weighted by Gasteiger charge is -2.30. The van der Waals surface area contributed by atoms with Crippen LogP contribution in [-0.2, 0) is 16.6 Å². The molecule has 1 aromatic carbocycles. The van der Waals surface area contributed by atoms with Crippen molar-refractivity contribution in [1.29, 1.82) is 0 Å². The van der Waals surface area contributed by atoms with Crippen molar-refractivity contribution in [3.63, 3.8) is 0 Å². The molecule has 7 nitrogen and oxygen atoms in total. The summed E-state index contributed by atoms with van der Waals surface area (Å²) in [5.41, 5.74) is 1.84. The van der Waals surface area contributed by atoms with Crippen LogP contribution in [0, 0.1) is 0 Å². The molecule has 3 heterocycles. The van der Waals surface area contributed by atoms with Crippen LogP contribution in [0.3, 0.4) is 0 Å². The smallest absolute Gasteiger partial charge is 0.240 e. The van der Waals surface area contributed by atoms with E-state index in [0.29, 0.717) is 31.5 Å². The van der Waals surface area contributed by atoms with Gasteiger partial charge in [-0.2, -0.15) is 0 Å². The Morgan fingerprint density at radius 3 is 2.61 bits per heavy atom. The summed E-state index contributed by atoms with van der Waals surface area (Å²) in [6, 6.07) is 13.6. The molecule has 0 saturated carbocycles. The Kier molecular flexibility index (Phi) is 5.68. The molecule has 2 aromatic heterocycles. The number of morpholine rings is 1. The highest BCUT2D eigenvalue weighted by molar-refractivity contribution is 8.00. The zero-order valence-corrected chi connectivity index (χ0v) is 16.4. The van der Waals surface area contributed by atoms with E-state index in [0.717, 1.165) is 17.0 Å². The summed E-state index contributed by atoms with van der Waals surface area (Å²) in [4.78, 5) is 19.3. The summed E-state index contributed by atoms with van der Waals surface area (Å²) in [5.74, 6) is 0.798. The Morgan fingerprint density at radius 2 is 1.89 bits per heavy atom. The molecule has 1 atom stereocenters. The summed E-state index contributed by atoms with van der Waals surface area (Å²) in [5, 5.41) is 8.95. The van der Waals surface area contributed by atoms with E-state index in [1.165, 1.54) is 11.8 Å². The molecule has 0 spiro atoms. The highest BCUT2D eigenvalue weighted by Gasteiger charge is 2.30. The van der Waals surface area contributed by atoms with E-state index in [-0.39, 0.29) is 11.2 Å². The van der Waals surface area contributed by atoms with Crippen molar-refractivity contribution < 1.29 is 9.53 Å². The molecule has 0 N–H and O–H groups in total. The lowest BCUT2D eigenvalue weighted by Crippen LogP contribution is -2.42. The first-order valence-corrected chi connectivity index (χ1v) is 10.00. The predicted molar refractivity (Wildman–Crippen MR) is 107 cm³/mol. The van der Waals surface area contributed by atoms with Crippen LogP contribution in [0.15, 0.2) is 60.0 Å². The molecule has 1 fully saturated rings. The van der Waals surface area contributed by atoms with Gasteiger partial charge in [-0.1, -0.05) is 42.1 Å². The van der Waals surface area contributed by atoms with Crippen LogP contribution in [0.5, 0.6) is 0 Å². The normalized spacial score (nSPS) is 15.4. The van der Waals surface area contributed by atoms with Gasteiger partial charge in [0.2, 0.25) is 5.91 Å². The predicted octanol–water partition coefficient (Wildman–Crippen LogP) is 2.57. The minimum atomic E-state index is -0.385. The molecule has 144 valence electrons. The third-order valence-corrected chi connectivity index (χ3v) is 5.90. The summed E-state index contributed by atoms with van der Waals surface area (Å²) < 4.78 is 7.30. The van der Waals surface area contributed by atoms with Gasteiger partial charge >= 0.3 is 0 Å². The topological polar surface area (TPSA) is 73.1 Å². The number of carbonyl (C=O) groups is 1. The fourth-order valence-electron chi connectivity index (χ4n) is 3.11. The summed E-state index contributed by atoms with van der Waals surface area (Å²) >= 11 is 1.42. The van der Waals surface area contributed by atoms with E-state index in [4.69, 9.17) is 4.74 Å². The molecule has 1 amide bonds. The SMILES string of the molecule is Cn1c(SC(C(=O)N2CCOCC2)c2ccccc2)nnc1-c1cccnc1. The number of benzene rings is 1. The molecule has 8 heteroatoms. The standard InChI is InChI=1S/C20H21N5O2S/c1-24-18(16-8-5-9-21-14-16)22-23-20(24)28-17(15-6-3-2-4-7-15)19(26)25-10-12-27-13-11-25/h2-9,14,17H,10-13H2,1H3. The number of thioether (sulfide) groups is 1. The highest BCUT2D eigenvalue weighted by Crippen LogP contribution is 2.36. The Bertz CT molecular complexity index is 926. The number of carbonyl (C=O) groups excluding carboxylic acids is 1. The molecular weight excluding hydrogens is 374 g/mol. The van der Waals surface area contributed by atoms with Crippen LogP contribution < -0.4 is 0 Å². The number of nitrogens with zero attached hydrogens (tertiary/aromatic N) is 5. The van der Waals surface area contributed by atoms with Crippen molar-refractivity contribution in [3.05, 3.63) is 60.4 Å². The van der Waals surface area contributed by atoms with E-state index in [1.807, 2.05) is 59.0 Å². The Labute approximate surface area is 167 Å². The molecule has 0 radical (unpaired) electrons. The number of aromatic nitrogens is 4. The zero-order chi connectivity index (χ0) is 19.3. The van der Waals surface area contributed by atoms with Crippen molar-refractivity contribution in [2.75, 3.05) is 26.3 Å². The largest absolute Gasteiger partial charge is 0.378 e. The van der Waals surface area contributed by atoms with Gasteiger partial charge < -0.3 is 14.2 Å². The lowest BCUT2D eigenvalue weighted by atomic mass is 10.1. The maximum Gasteiger partial charge on any atom is 0.240 e. The van der Waals surface area contributed by atoms with Crippen LogP contribution in [0.2, 0.25) is 0 Å². The number of pyridine rings is 1. The number of hydrogen-bond donors (Lipinski definition) is 0. The van der Waals surface area contributed by atoms with Crippen molar-refractivity contribution in [2.45, 2.75) is 10.4 Å². The molecule has 28 heavy (non-hydrogen) atoms. The van der Waals surface area contributed by atoms with Gasteiger partial charge in [0, 0.05) is 38.1 Å². The second-order valence-electron chi connectivity index (χ2n) is 6.45. The Balaban J connectivity index is 1.63. The average molecular weight is 395 g/mol. The minimum absolute atomic E-state index is 0.0745. The summed E-state index contributed by atoms with van der Waals surface area (Å²) in [6.07, 6.45) is 3.48. The summed E-state index contributed by atoms with van der Waals surface area (Å²) in [7, 11) is 1.91. The Hall–Kier alpha value is -2.71. The lowest BCUT2D eigenvalue weighted by molar-refractivity contribution is -0.134. The quantitative estimate of drug-likeness (QED) is 0.618.